The summed E-state index contributed by atoms with van der Waals surface area (Å²) in [7, 11) is 0. The van der Waals surface area contributed by atoms with Crippen LogP contribution in [0.5, 0.6) is 0 Å². The van der Waals surface area contributed by atoms with Crippen molar-refractivity contribution in [2.75, 3.05) is 13.1 Å². The molecule has 21 heavy (non-hydrogen) atoms. The van der Waals surface area contributed by atoms with Gasteiger partial charge in [0.05, 0.1) is 4.91 Å². The number of carbonyl (C=O) groups is 1. The molecule has 0 saturated heterocycles. The average molecular weight is 309 g/mol. The first kappa shape index (κ1) is 16.4. The quantitative estimate of drug-likeness (QED) is 0.764. The van der Waals surface area contributed by atoms with Crippen molar-refractivity contribution >= 4 is 22.8 Å². The molecule has 0 bridgehead atoms. The van der Waals surface area contributed by atoms with Crippen LogP contribution in [0.15, 0.2) is 15.6 Å². The summed E-state index contributed by atoms with van der Waals surface area (Å²) >= 11 is 1.52. The van der Waals surface area contributed by atoms with Crippen LogP contribution in [-0.2, 0) is 4.79 Å². The number of amides is 1. The fraction of sp³-hybridized carbons (Fsp3) is 0.750. The number of allylic oxidation sites excluding steroid dienone is 1. The molecule has 1 N–H and O–H groups in total. The Labute approximate surface area is 132 Å². The number of aliphatic imine (C=N–C) groups is 1. The highest BCUT2D eigenvalue weighted by Crippen LogP contribution is 2.36. The second kappa shape index (κ2) is 6.86. The zero-order chi connectivity index (χ0) is 15.5. The summed E-state index contributed by atoms with van der Waals surface area (Å²) in [6.07, 6.45) is 5.68. The van der Waals surface area contributed by atoms with Gasteiger partial charge in [-0.3, -0.25) is 9.79 Å². The summed E-state index contributed by atoms with van der Waals surface area (Å²) in [6.45, 7) is 10.3. The largest absolute Gasteiger partial charge is 0.347 e. The van der Waals surface area contributed by atoms with Crippen molar-refractivity contribution in [3.63, 3.8) is 0 Å². The van der Waals surface area contributed by atoms with Gasteiger partial charge in [-0.2, -0.15) is 0 Å². The minimum absolute atomic E-state index is 0.0519. The molecule has 2 heterocycles. The minimum atomic E-state index is -0.148. The molecule has 118 valence electrons. The van der Waals surface area contributed by atoms with Crippen LogP contribution in [0.1, 0.15) is 59.8 Å². The maximum Gasteiger partial charge on any atom is 0.260 e. The highest BCUT2D eigenvalue weighted by Gasteiger charge is 2.33. The van der Waals surface area contributed by atoms with Crippen molar-refractivity contribution in [1.82, 2.24) is 10.2 Å². The van der Waals surface area contributed by atoms with E-state index < -0.39 is 0 Å². The number of nitrogens with zero attached hydrogens (tertiary/aromatic N) is 2. The Balaban J connectivity index is 1.98. The van der Waals surface area contributed by atoms with E-state index in [1.54, 1.807) is 0 Å². The van der Waals surface area contributed by atoms with Crippen LogP contribution >= 0.6 is 11.8 Å². The third kappa shape index (κ3) is 4.02. The van der Waals surface area contributed by atoms with E-state index in [9.17, 15) is 4.79 Å². The molecule has 0 spiro atoms. The zero-order valence-electron chi connectivity index (χ0n) is 13.7. The summed E-state index contributed by atoms with van der Waals surface area (Å²) in [5.74, 6) is 0.0519. The molecule has 0 fully saturated rings. The van der Waals surface area contributed by atoms with Gasteiger partial charge in [0.1, 0.15) is 0 Å². The maximum absolute atomic E-state index is 12.6. The molecule has 2 rings (SSSR count). The van der Waals surface area contributed by atoms with Crippen molar-refractivity contribution in [1.29, 1.82) is 0 Å². The number of carbonyl (C=O) groups excluding carboxylic acids is 1. The molecule has 4 nitrogen and oxygen atoms in total. The molecule has 0 aliphatic carbocycles. The fourth-order valence-corrected chi connectivity index (χ4v) is 3.80. The summed E-state index contributed by atoms with van der Waals surface area (Å²) in [5, 5.41) is 4.19. The highest BCUT2D eigenvalue weighted by molar-refractivity contribution is 8.18. The van der Waals surface area contributed by atoms with E-state index in [1.807, 2.05) is 6.92 Å². The Morgan fingerprint density at radius 2 is 2.19 bits per heavy atom. The van der Waals surface area contributed by atoms with Crippen LogP contribution in [0.2, 0.25) is 0 Å². The van der Waals surface area contributed by atoms with Crippen molar-refractivity contribution in [3.8, 4) is 0 Å². The van der Waals surface area contributed by atoms with E-state index in [0.29, 0.717) is 0 Å². The molecule has 0 radical (unpaired) electrons. The molecular weight excluding hydrogens is 282 g/mol. The zero-order valence-corrected chi connectivity index (χ0v) is 14.5. The van der Waals surface area contributed by atoms with Crippen molar-refractivity contribution < 1.29 is 4.79 Å². The summed E-state index contributed by atoms with van der Waals surface area (Å²) in [4.78, 5) is 20.1. The van der Waals surface area contributed by atoms with Gasteiger partial charge >= 0.3 is 0 Å². The van der Waals surface area contributed by atoms with E-state index in [4.69, 9.17) is 0 Å². The molecule has 0 saturated carbocycles. The van der Waals surface area contributed by atoms with Gasteiger partial charge < -0.3 is 10.2 Å². The summed E-state index contributed by atoms with van der Waals surface area (Å²) in [5.41, 5.74) is 0.908. The van der Waals surface area contributed by atoms with Gasteiger partial charge in [0.25, 0.3) is 5.91 Å². The number of hydrogen-bond donors (Lipinski definition) is 1. The molecular formula is C16H27N3OS. The lowest BCUT2D eigenvalue weighted by Gasteiger charge is -2.26. The summed E-state index contributed by atoms with van der Waals surface area (Å²) in [6, 6.07) is 0. The lowest BCUT2D eigenvalue weighted by molar-refractivity contribution is -0.118. The molecule has 0 atom stereocenters. The van der Waals surface area contributed by atoms with E-state index in [0.717, 1.165) is 48.1 Å². The molecule has 0 aromatic rings. The van der Waals surface area contributed by atoms with Crippen LogP contribution in [-0.4, -0.2) is 34.6 Å². The Morgan fingerprint density at radius 1 is 1.43 bits per heavy atom. The van der Waals surface area contributed by atoms with Gasteiger partial charge in [0, 0.05) is 24.3 Å². The van der Waals surface area contributed by atoms with Crippen molar-refractivity contribution in [3.05, 3.63) is 10.6 Å². The number of unbranched alkanes of at least 4 members (excludes halogenated alkanes) is 2. The normalized spacial score (nSPS) is 18.7. The number of rotatable bonds is 6. The van der Waals surface area contributed by atoms with Gasteiger partial charge in [-0.1, -0.05) is 26.2 Å². The standard InChI is InChI=1S/C16H27N3OS/c1-5-6-7-9-16(3,4)18-14(20)13-12(2)19-11-8-10-17-15(19)21-13/h5-11H2,1-4H3,(H,18,20). The first-order valence-electron chi connectivity index (χ1n) is 7.98. The van der Waals surface area contributed by atoms with Crippen LogP contribution in [0, 0.1) is 0 Å². The van der Waals surface area contributed by atoms with Gasteiger partial charge in [-0.25, -0.2) is 0 Å². The third-order valence-electron chi connectivity index (χ3n) is 4.01. The lowest BCUT2D eigenvalue weighted by atomic mass is 9.96. The van der Waals surface area contributed by atoms with Gasteiger partial charge in [0.15, 0.2) is 5.17 Å². The average Bonchev–Trinajstić information content (AvgIpc) is 2.76. The number of fused-ring (bicyclic) bond motifs is 1. The Bertz CT molecular complexity index is 468. The SMILES string of the molecule is CCCCCC(C)(C)NC(=O)C1=C(C)N2CCCN=C2S1. The molecule has 2 aliphatic rings. The third-order valence-corrected chi connectivity index (χ3v) is 5.23. The van der Waals surface area contributed by atoms with E-state index >= 15 is 0 Å². The summed E-state index contributed by atoms with van der Waals surface area (Å²) < 4.78 is 0. The van der Waals surface area contributed by atoms with Crippen molar-refractivity contribution in [2.45, 2.75) is 65.3 Å². The van der Waals surface area contributed by atoms with Crippen LogP contribution < -0.4 is 5.32 Å². The van der Waals surface area contributed by atoms with Crippen molar-refractivity contribution in [2.24, 2.45) is 4.99 Å². The number of thioether (sulfide) groups is 1. The smallest absolute Gasteiger partial charge is 0.260 e. The topological polar surface area (TPSA) is 44.7 Å². The number of amidine groups is 1. The molecule has 0 aromatic heterocycles. The van der Waals surface area contributed by atoms with E-state index in [1.165, 1.54) is 24.6 Å². The van der Waals surface area contributed by atoms with Gasteiger partial charge in [-0.15, -0.1) is 0 Å². The Hall–Kier alpha value is -0.970. The number of nitrogens with one attached hydrogen (secondary N) is 1. The van der Waals surface area contributed by atoms with E-state index in [2.05, 4.69) is 36.0 Å². The number of hydrogen-bond acceptors (Lipinski definition) is 4. The minimum Gasteiger partial charge on any atom is -0.347 e. The van der Waals surface area contributed by atoms with Gasteiger partial charge in [0.2, 0.25) is 0 Å². The molecule has 1 amide bonds. The highest BCUT2D eigenvalue weighted by atomic mass is 32.2. The first-order chi connectivity index (χ1) is 9.94. The molecule has 0 aromatic carbocycles. The Morgan fingerprint density at radius 3 is 2.86 bits per heavy atom. The lowest BCUT2D eigenvalue weighted by Crippen LogP contribution is -2.43. The maximum atomic E-state index is 12.6. The predicted octanol–water partition coefficient (Wildman–Crippen LogP) is 3.50. The fourth-order valence-electron chi connectivity index (χ4n) is 2.72. The Kier molecular flexibility index (Phi) is 5.36. The van der Waals surface area contributed by atoms with E-state index in [-0.39, 0.29) is 11.4 Å². The van der Waals surface area contributed by atoms with Gasteiger partial charge in [-0.05, 0) is 45.4 Å². The molecule has 2 aliphatic heterocycles. The van der Waals surface area contributed by atoms with Crippen LogP contribution in [0.25, 0.3) is 0 Å². The monoisotopic (exact) mass is 309 g/mol. The first-order valence-corrected chi connectivity index (χ1v) is 8.79. The second-order valence-electron chi connectivity index (χ2n) is 6.48. The molecule has 5 heteroatoms. The van der Waals surface area contributed by atoms with Crippen LogP contribution in [0.4, 0.5) is 0 Å². The predicted molar refractivity (Wildman–Crippen MR) is 90.3 cm³/mol. The molecule has 0 unspecified atom stereocenters. The van der Waals surface area contributed by atoms with Crippen LogP contribution in [0.3, 0.4) is 0 Å². The second-order valence-corrected chi connectivity index (χ2v) is 7.46.